The average Bonchev–Trinajstić information content (AvgIpc) is 3.25. The van der Waals surface area contributed by atoms with Crippen molar-refractivity contribution in [3.8, 4) is 0 Å². The van der Waals surface area contributed by atoms with Crippen LogP contribution in [0.3, 0.4) is 0 Å². The van der Waals surface area contributed by atoms with Gasteiger partial charge in [0.05, 0.1) is 6.10 Å². The SMILES string of the molecule is Cc1nc(NCC2CCCO2)cc(N(Cc2ccccc2)c2ccccc2)n1. The summed E-state index contributed by atoms with van der Waals surface area (Å²) in [5, 5.41) is 3.44. The van der Waals surface area contributed by atoms with Gasteiger partial charge in [0.15, 0.2) is 0 Å². The highest BCUT2D eigenvalue weighted by Gasteiger charge is 2.17. The van der Waals surface area contributed by atoms with Crippen molar-refractivity contribution in [3.63, 3.8) is 0 Å². The number of benzene rings is 2. The molecule has 0 radical (unpaired) electrons. The number of aryl methyl sites for hydroxylation is 1. The Morgan fingerprint density at radius 2 is 1.79 bits per heavy atom. The van der Waals surface area contributed by atoms with E-state index in [1.54, 1.807) is 0 Å². The maximum absolute atomic E-state index is 5.71. The molecule has 1 aromatic heterocycles. The Labute approximate surface area is 166 Å². The van der Waals surface area contributed by atoms with Gasteiger partial charge in [-0.15, -0.1) is 0 Å². The molecule has 3 aromatic rings. The minimum absolute atomic E-state index is 0.272. The fourth-order valence-corrected chi connectivity index (χ4v) is 3.48. The number of rotatable bonds is 7. The zero-order valence-corrected chi connectivity index (χ0v) is 16.2. The zero-order chi connectivity index (χ0) is 19.2. The summed E-state index contributed by atoms with van der Waals surface area (Å²) in [5.41, 5.74) is 2.34. The maximum atomic E-state index is 5.71. The van der Waals surface area contributed by atoms with E-state index in [4.69, 9.17) is 9.72 Å². The van der Waals surface area contributed by atoms with Crippen molar-refractivity contribution < 1.29 is 4.74 Å². The van der Waals surface area contributed by atoms with Crippen molar-refractivity contribution in [1.82, 2.24) is 9.97 Å². The van der Waals surface area contributed by atoms with E-state index in [1.807, 2.05) is 25.1 Å². The Morgan fingerprint density at radius 3 is 2.50 bits per heavy atom. The molecule has 4 rings (SSSR count). The van der Waals surface area contributed by atoms with Gasteiger partial charge >= 0.3 is 0 Å². The number of ether oxygens (including phenoxy) is 1. The van der Waals surface area contributed by atoms with Crippen molar-refractivity contribution in [1.29, 1.82) is 0 Å². The van der Waals surface area contributed by atoms with Crippen LogP contribution in [0.4, 0.5) is 17.3 Å². The van der Waals surface area contributed by atoms with Crippen LogP contribution in [0.25, 0.3) is 0 Å². The normalized spacial score (nSPS) is 16.1. The molecular formula is C23H26N4O. The van der Waals surface area contributed by atoms with E-state index >= 15 is 0 Å². The molecule has 0 amide bonds. The molecule has 0 aliphatic carbocycles. The summed E-state index contributed by atoms with van der Waals surface area (Å²) < 4.78 is 5.71. The molecule has 2 heterocycles. The topological polar surface area (TPSA) is 50.3 Å². The van der Waals surface area contributed by atoms with Crippen LogP contribution in [0, 0.1) is 6.92 Å². The molecule has 0 saturated carbocycles. The first kappa shape index (κ1) is 18.4. The van der Waals surface area contributed by atoms with E-state index in [0.29, 0.717) is 0 Å². The molecule has 1 N–H and O–H groups in total. The second-order valence-corrected chi connectivity index (χ2v) is 7.08. The van der Waals surface area contributed by atoms with Crippen LogP contribution in [0.2, 0.25) is 0 Å². The van der Waals surface area contributed by atoms with Crippen LogP contribution in [-0.4, -0.2) is 29.2 Å². The first-order valence-electron chi connectivity index (χ1n) is 9.85. The van der Waals surface area contributed by atoms with Gasteiger partial charge in [-0.05, 0) is 37.5 Å². The molecule has 1 atom stereocenters. The van der Waals surface area contributed by atoms with Crippen molar-refractivity contribution in [2.24, 2.45) is 0 Å². The lowest BCUT2D eigenvalue weighted by Crippen LogP contribution is -2.21. The molecule has 0 spiro atoms. The second-order valence-electron chi connectivity index (χ2n) is 7.08. The van der Waals surface area contributed by atoms with Gasteiger partial charge in [-0.25, -0.2) is 9.97 Å². The fraction of sp³-hybridized carbons (Fsp3) is 0.304. The van der Waals surface area contributed by atoms with Crippen LogP contribution in [0.5, 0.6) is 0 Å². The summed E-state index contributed by atoms with van der Waals surface area (Å²) in [6.45, 7) is 4.32. The van der Waals surface area contributed by atoms with Crippen LogP contribution in [0.15, 0.2) is 66.7 Å². The monoisotopic (exact) mass is 374 g/mol. The average molecular weight is 374 g/mol. The summed E-state index contributed by atoms with van der Waals surface area (Å²) in [7, 11) is 0. The fourth-order valence-electron chi connectivity index (χ4n) is 3.48. The number of nitrogens with zero attached hydrogens (tertiary/aromatic N) is 3. The van der Waals surface area contributed by atoms with Gasteiger partial charge < -0.3 is 15.0 Å². The van der Waals surface area contributed by atoms with Crippen molar-refractivity contribution >= 4 is 17.3 Å². The molecule has 0 bridgehead atoms. The van der Waals surface area contributed by atoms with E-state index in [9.17, 15) is 0 Å². The Hall–Kier alpha value is -2.92. The Kier molecular flexibility index (Phi) is 5.83. The van der Waals surface area contributed by atoms with Gasteiger partial charge in [0.2, 0.25) is 0 Å². The standard InChI is InChI=1S/C23H26N4O/c1-18-25-22(24-16-21-13-8-14-28-21)15-23(26-18)27(20-11-6-3-7-12-20)17-19-9-4-2-5-10-19/h2-7,9-12,15,21H,8,13-14,16-17H2,1H3,(H,24,25,26). The molecule has 1 unspecified atom stereocenters. The predicted octanol–water partition coefficient (Wildman–Crippen LogP) is 4.71. The summed E-state index contributed by atoms with van der Waals surface area (Å²) in [5.74, 6) is 2.48. The molecule has 2 aromatic carbocycles. The smallest absolute Gasteiger partial charge is 0.139 e. The predicted molar refractivity (Wildman–Crippen MR) is 113 cm³/mol. The third-order valence-electron chi connectivity index (χ3n) is 4.89. The molecule has 1 fully saturated rings. The highest BCUT2D eigenvalue weighted by Crippen LogP contribution is 2.27. The minimum atomic E-state index is 0.272. The maximum Gasteiger partial charge on any atom is 0.139 e. The first-order valence-corrected chi connectivity index (χ1v) is 9.85. The van der Waals surface area contributed by atoms with Crippen LogP contribution >= 0.6 is 0 Å². The number of hydrogen-bond acceptors (Lipinski definition) is 5. The number of hydrogen-bond donors (Lipinski definition) is 1. The Morgan fingerprint density at radius 1 is 1.04 bits per heavy atom. The van der Waals surface area contributed by atoms with E-state index in [1.165, 1.54) is 5.56 Å². The summed E-state index contributed by atoms with van der Waals surface area (Å²) >= 11 is 0. The van der Waals surface area contributed by atoms with E-state index in [2.05, 4.69) is 63.7 Å². The van der Waals surface area contributed by atoms with E-state index in [-0.39, 0.29) is 6.10 Å². The number of anilines is 3. The van der Waals surface area contributed by atoms with Gasteiger partial charge in [-0.3, -0.25) is 0 Å². The number of nitrogens with one attached hydrogen (secondary N) is 1. The molecule has 1 saturated heterocycles. The zero-order valence-electron chi connectivity index (χ0n) is 16.2. The lowest BCUT2D eigenvalue weighted by Gasteiger charge is -2.25. The van der Waals surface area contributed by atoms with Gasteiger partial charge in [-0.1, -0.05) is 48.5 Å². The highest BCUT2D eigenvalue weighted by molar-refractivity contribution is 5.62. The number of para-hydroxylation sites is 1. The summed E-state index contributed by atoms with van der Waals surface area (Å²) in [6.07, 6.45) is 2.51. The largest absolute Gasteiger partial charge is 0.376 e. The molecule has 1 aliphatic rings. The Balaban J connectivity index is 1.61. The first-order chi connectivity index (χ1) is 13.8. The molecule has 5 heteroatoms. The van der Waals surface area contributed by atoms with Gasteiger partial charge in [0.25, 0.3) is 0 Å². The molecule has 1 aliphatic heterocycles. The second kappa shape index (κ2) is 8.85. The lowest BCUT2D eigenvalue weighted by atomic mass is 10.2. The molecular weight excluding hydrogens is 348 g/mol. The van der Waals surface area contributed by atoms with Gasteiger partial charge in [0.1, 0.15) is 17.5 Å². The van der Waals surface area contributed by atoms with Crippen molar-refractivity contribution in [2.45, 2.75) is 32.4 Å². The highest BCUT2D eigenvalue weighted by atomic mass is 16.5. The third kappa shape index (κ3) is 4.67. The van der Waals surface area contributed by atoms with Crippen molar-refractivity contribution in [3.05, 3.63) is 78.1 Å². The summed E-state index contributed by atoms with van der Waals surface area (Å²) in [6, 6.07) is 22.8. The van der Waals surface area contributed by atoms with Crippen LogP contribution in [-0.2, 0) is 11.3 Å². The van der Waals surface area contributed by atoms with Gasteiger partial charge in [-0.2, -0.15) is 0 Å². The summed E-state index contributed by atoms with van der Waals surface area (Å²) in [4.78, 5) is 11.5. The quantitative estimate of drug-likeness (QED) is 0.649. The van der Waals surface area contributed by atoms with E-state index in [0.717, 1.165) is 55.7 Å². The minimum Gasteiger partial charge on any atom is -0.376 e. The lowest BCUT2D eigenvalue weighted by molar-refractivity contribution is 0.120. The molecule has 28 heavy (non-hydrogen) atoms. The molecule has 5 nitrogen and oxygen atoms in total. The van der Waals surface area contributed by atoms with Crippen LogP contribution in [0.1, 0.15) is 24.2 Å². The van der Waals surface area contributed by atoms with Crippen LogP contribution < -0.4 is 10.2 Å². The third-order valence-corrected chi connectivity index (χ3v) is 4.89. The molecule has 144 valence electrons. The Bertz CT molecular complexity index is 880. The van der Waals surface area contributed by atoms with E-state index < -0.39 is 0 Å². The van der Waals surface area contributed by atoms with Crippen molar-refractivity contribution in [2.75, 3.05) is 23.4 Å². The van der Waals surface area contributed by atoms with Gasteiger partial charge in [0, 0.05) is 31.5 Å². The number of aromatic nitrogens is 2.